The highest BCUT2D eigenvalue weighted by atomic mass is 16.4. The molecule has 0 saturated heterocycles. The molecule has 0 heterocycles. The van der Waals surface area contributed by atoms with Crippen LogP contribution in [0.15, 0.2) is 30.3 Å². The third-order valence-corrected chi connectivity index (χ3v) is 2.03. The fourth-order valence-corrected chi connectivity index (χ4v) is 1.25. The maximum Gasteiger partial charge on any atom is 0.300 e. The first kappa shape index (κ1) is 17.0. The number of aliphatic hydroxyl groups excluding tert-OH is 2. The van der Waals surface area contributed by atoms with Crippen LogP contribution in [-0.2, 0) is 16.0 Å². The molecule has 1 aromatic rings. The van der Waals surface area contributed by atoms with Crippen LogP contribution < -0.4 is 0 Å². The minimum Gasteiger partial charge on any atom is -0.481 e. The van der Waals surface area contributed by atoms with Crippen molar-refractivity contribution >= 4 is 18.3 Å². The number of allylic oxidation sites excluding steroid dienone is 1. The molecule has 0 aromatic heterocycles. The summed E-state index contributed by atoms with van der Waals surface area (Å²) in [6.45, 7) is 0.854. The van der Waals surface area contributed by atoms with Gasteiger partial charge in [0.25, 0.3) is 5.97 Å². The second-order valence-electron chi connectivity index (χ2n) is 3.80. The van der Waals surface area contributed by atoms with E-state index in [0.717, 1.165) is 24.3 Å². The van der Waals surface area contributed by atoms with Gasteiger partial charge in [-0.25, -0.2) is 0 Å². The van der Waals surface area contributed by atoms with Gasteiger partial charge in [0, 0.05) is 13.3 Å². The van der Waals surface area contributed by atoms with E-state index >= 15 is 0 Å². The summed E-state index contributed by atoms with van der Waals surface area (Å²) in [6.07, 6.45) is 3.59. The van der Waals surface area contributed by atoms with E-state index in [0.29, 0.717) is 6.42 Å². The lowest BCUT2D eigenvalue weighted by atomic mass is 10.1. The first-order chi connectivity index (χ1) is 8.99. The highest BCUT2D eigenvalue weighted by Crippen LogP contribution is 2.08. The smallest absolute Gasteiger partial charge is 0.300 e. The number of hydrogen-bond acceptors (Lipinski definition) is 4. The van der Waals surface area contributed by atoms with E-state index < -0.39 is 12.1 Å². The topological polar surface area (TPSA) is 94.8 Å². The maximum absolute atomic E-state index is 10.1. The Morgan fingerprint density at radius 2 is 1.84 bits per heavy atom. The van der Waals surface area contributed by atoms with Crippen LogP contribution in [0.1, 0.15) is 18.1 Å². The minimum atomic E-state index is -0.833. The number of carboxylic acid groups (broad SMARTS) is 1. The molecule has 0 aliphatic carbocycles. The van der Waals surface area contributed by atoms with E-state index in [9.17, 15) is 9.90 Å². The van der Waals surface area contributed by atoms with Crippen LogP contribution in [0.2, 0.25) is 0 Å². The fraction of sp³-hybridized carbons (Fsp3) is 0.286. The average Bonchev–Trinajstić information content (AvgIpc) is 2.37. The Morgan fingerprint density at radius 3 is 2.26 bits per heavy atom. The summed E-state index contributed by atoms with van der Waals surface area (Å²) in [5, 5.41) is 25.3. The normalized spacial score (nSPS) is 11.5. The molecule has 0 saturated carbocycles. The van der Waals surface area contributed by atoms with E-state index in [1.165, 1.54) is 6.08 Å². The van der Waals surface area contributed by atoms with Gasteiger partial charge in [-0.15, -0.1) is 0 Å². The number of aliphatic hydroxyl groups is 2. The molecule has 104 valence electrons. The van der Waals surface area contributed by atoms with Gasteiger partial charge in [-0.3, -0.25) is 9.59 Å². The predicted molar refractivity (Wildman–Crippen MR) is 71.6 cm³/mol. The molecule has 0 aliphatic heterocycles. The van der Waals surface area contributed by atoms with Crippen LogP contribution in [0.25, 0.3) is 6.08 Å². The zero-order valence-electron chi connectivity index (χ0n) is 10.7. The number of rotatable bonds is 5. The largest absolute Gasteiger partial charge is 0.481 e. The molecule has 1 unspecified atom stereocenters. The SMILES string of the molecule is CC(=O)O.O=CC=Cc1ccc(CC(O)CO)cc1. The van der Waals surface area contributed by atoms with Crippen LogP contribution in [0.5, 0.6) is 0 Å². The summed E-state index contributed by atoms with van der Waals surface area (Å²) >= 11 is 0. The van der Waals surface area contributed by atoms with Gasteiger partial charge in [-0.2, -0.15) is 0 Å². The Hall–Kier alpha value is -1.98. The summed E-state index contributed by atoms with van der Waals surface area (Å²) in [4.78, 5) is 19.1. The number of carbonyl (C=O) groups is 2. The van der Waals surface area contributed by atoms with Gasteiger partial charge >= 0.3 is 0 Å². The van der Waals surface area contributed by atoms with Gasteiger partial charge in [-0.1, -0.05) is 30.3 Å². The second-order valence-corrected chi connectivity index (χ2v) is 3.80. The second kappa shape index (κ2) is 9.99. The van der Waals surface area contributed by atoms with Gasteiger partial charge in [0.15, 0.2) is 0 Å². The molecule has 0 bridgehead atoms. The molecular formula is C14H18O5. The van der Waals surface area contributed by atoms with Crippen LogP contribution >= 0.6 is 0 Å². The number of hydrogen-bond donors (Lipinski definition) is 3. The molecule has 1 rings (SSSR count). The third kappa shape index (κ3) is 9.70. The van der Waals surface area contributed by atoms with Crippen molar-refractivity contribution in [2.45, 2.75) is 19.4 Å². The van der Waals surface area contributed by atoms with Crippen LogP contribution in [0.4, 0.5) is 0 Å². The number of aldehydes is 1. The number of aliphatic carboxylic acids is 1. The average molecular weight is 266 g/mol. The zero-order valence-corrected chi connectivity index (χ0v) is 10.7. The third-order valence-electron chi connectivity index (χ3n) is 2.03. The number of carboxylic acids is 1. The van der Waals surface area contributed by atoms with E-state index in [1.54, 1.807) is 6.08 Å². The molecule has 0 spiro atoms. The van der Waals surface area contributed by atoms with Crippen molar-refractivity contribution in [2.75, 3.05) is 6.61 Å². The standard InChI is InChI=1S/C12H14O3.C2H4O2/c13-7-1-2-10-3-5-11(6-4-10)8-12(15)9-14;1-2(3)4/h1-7,12,14-15H,8-9H2;1H3,(H,3,4). The highest BCUT2D eigenvalue weighted by molar-refractivity contribution is 5.73. The van der Waals surface area contributed by atoms with E-state index in [2.05, 4.69) is 0 Å². The molecule has 1 atom stereocenters. The summed E-state index contributed by atoms with van der Waals surface area (Å²) < 4.78 is 0. The van der Waals surface area contributed by atoms with Gasteiger partial charge in [0.05, 0.1) is 12.7 Å². The molecule has 0 radical (unpaired) electrons. The van der Waals surface area contributed by atoms with Crippen molar-refractivity contribution in [1.82, 2.24) is 0 Å². The zero-order chi connectivity index (χ0) is 14.7. The molecular weight excluding hydrogens is 248 g/mol. The lowest BCUT2D eigenvalue weighted by molar-refractivity contribution is -0.134. The molecule has 5 nitrogen and oxygen atoms in total. The Labute approximate surface area is 111 Å². The number of benzene rings is 1. The minimum absolute atomic E-state index is 0.229. The van der Waals surface area contributed by atoms with Crippen molar-refractivity contribution in [3.05, 3.63) is 41.5 Å². The van der Waals surface area contributed by atoms with Crippen molar-refractivity contribution in [3.8, 4) is 0 Å². The molecule has 0 amide bonds. The van der Waals surface area contributed by atoms with Crippen molar-refractivity contribution in [1.29, 1.82) is 0 Å². The molecule has 19 heavy (non-hydrogen) atoms. The first-order valence-corrected chi connectivity index (χ1v) is 5.68. The first-order valence-electron chi connectivity index (χ1n) is 5.68. The summed E-state index contributed by atoms with van der Waals surface area (Å²) in [6, 6.07) is 7.45. The van der Waals surface area contributed by atoms with Crippen LogP contribution in [-0.4, -0.2) is 40.3 Å². The van der Waals surface area contributed by atoms with E-state index in [1.807, 2.05) is 24.3 Å². The summed E-state index contributed by atoms with van der Waals surface area (Å²) in [7, 11) is 0. The molecule has 5 heteroatoms. The quantitative estimate of drug-likeness (QED) is 0.543. The molecule has 0 aliphatic rings. The Bertz CT molecular complexity index is 404. The predicted octanol–water partition coefficient (Wildman–Crippen LogP) is 0.885. The fourth-order valence-electron chi connectivity index (χ4n) is 1.25. The number of carbonyl (C=O) groups excluding carboxylic acids is 1. The van der Waals surface area contributed by atoms with Gasteiger partial charge in [0.2, 0.25) is 0 Å². The van der Waals surface area contributed by atoms with Crippen molar-refractivity contribution < 1.29 is 24.9 Å². The van der Waals surface area contributed by atoms with Crippen molar-refractivity contribution in [2.24, 2.45) is 0 Å². The highest BCUT2D eigenvalue weighted by Gasteiger charge is 2.02. The lowest BCUT2D eigenvalue weighted by Gasteiger charge is -2.06. The van der Waals surface area contributed by atoms with E-state index in [-0.39, 0.29) is 6.61 Å². The molecule has 3 N–H and O–H groups in total. The van der Waals surface area contributed by atoms with Gasteiger partial charge in [0.1, 0.15) is 6.29 Å². The Morgan fingerprint density at radius 1 is 1.32 bits per heavy atom. The Balaban J connectivity index is 0.000000711. The van der Waals surface area contributed by atoms with Crippen molar-refractivity contribution in [3.63, 3.8) is 0 Å². The maximum atomic E-state index is 10.1. The van der Waals surface area contributed by atoms with Crippen LogP contribution in [0, 0.1) is 0 Å². The van der Waals surface area contributed by atoms with Crippen LogP contribution in [0.3, 0.4) is 0 Å². The molecule has 0 fully saturated rings. The van der Waals surface area contributed by atoms with Gasteiger partial charge in [-0.05, 0) is 17.2 Å². The Kier molecular flexibility index (Phi) is 8.95. The monoisotopic (exact) mass is 266 g/mol. The summed E-state index contributed by atoms with van der Waals surface area (Å²) in [5.41, 5.74) is 1.89. The summed E-state index contributed by atoms with van der Waals surface area (Å²) in [5.74, 6) is -0.833. The molecule has 1 aromatic carbocycles. The van der Waals surface area contributed by atoms with E-state index in [4.69, 9.17) is 15.0 Å². The lowest BCUT2D eigenvalue weighted by Crippen LogP contribution is -2.14. The van der Waals surface area contributed by atoms with Gasteiger partial charge < -0.3 is 15.3 Å².